The summed E-state index contributed by atoms with van der Waals surface area (Å²) in [5, 5.41) is 11.2. The van der Waals surface area contributed by atoms with Crippen LogP contribution in [0.3, 0.4) is 0 Å². The van der Waals surface area contributed by atoms with E-state index in [1.54, 1.807) is 37.4 Å². The standard InChI is InChI=1S/C23H22FNO6/c1-4-31-23(28)20(27)11-19(26)17-13-25(12-14-5-7-15(24)8-6-14)18-10-22(30-3)21(29-2)9-16(17)18/h5-11,13,26H,4,12H2,1-3H3. The number of carbonyl (C=O) groups is 2. The Morgan fingerprint density at radius 1 is 1.10 bits per heavy atom. The molecule has 1 N–H and O–H groups in total. The summed E-state index contributed by atoms with van der Waals surface area (Å²) in [4.78, 5) is 23.6. The van der Waals surface area contributed by atoms with Crippen LogP contribution < -0.4 is 9.47 Å². The molecule has 0 amide bonds. The number of carbonyl (C=O) groups excluding carboxylic acids is 2. The van der Waals surface area contributed by atoms with Gasteiger partial charge in [0.15, 0.2) is 11.5 Å². The molecular weight excluding hydrogens is 405 g/mol. The first kappa shape index (κ1) is 21.9. The van der Waals surface area contributed by atoms with Gasteiger partial charge in [0.25, 0.3) is 5.78 Å². The van der Waals surface area contributed by atoms with E-state index < -0.39 is 17.5 Å². The van der Waals surface area contributed by atoms with Gasteiger partial charge in [-0.15, -0.1) is 0 Å². The maximum atomic E-state index is 13.3. The molecule has 0 fully saturated rings. The number of hydrogen-bond donors (Lipinski definition) is 1. The molecule has 3 aromatic rings. The molecule has 0 spiro atoms. The van der Waals surface area contributed by atoms with E-state index in [4.69, 9.17) is 9.47 Å². The minimum Gasteiger partial charge on any atom is -0.507 e. The van der Waals surface area contributed by atoms with Gasteiger partial charge in [0.1, 0.15) is 11.6 Å². The van der Waals surface area contributed by atoms with Crippen LogP contribution >= 0.6 is 0 Å². The molecule has 31 heavy (non-hydrogen) atoms. The Bertz CT molecular complexity index is 1150. The van der Waals surface area contributed by atoms with Crippen molar-refractivity contribution in [1.29, 1.82) is 0 Å². The molecule has 0 unspecified atom stereocenters. The van der Waals surface area contributed by atoms with Crippen LogP contribution in [-0.2, 0) is 20.9 Å². The van der Waals surface area contributed by atoms with E-state index in [-0.39, 0.29) is 12.4 Å². The molecule has 0 saturated carbocycles. The normalized spacial score (nSPS) is 11.4. The van der Waals surface area contributed by atoms with Gasteiger partial charge in [-0.25, -0.2) is 9.18 Å². The van der Waals surface area contributed by atoms with Crippen molar-refractivity contribution >= 4 is 28.4 Å². The van der Waals surface area contributed by atoms with Gasteiger partial charge in [-0.05, 0) is 30.7 Å². The zero-order valence-corrected chi connectivity index (χ0v) is 17.3. The molecule has 0 radical (unpaired) electrons. The maximum absolute atomic E-state index is 13.3. The SMILES string of the molecule is CCOC(=O)C(=O)C=C(O)c1cn(Cc2ccc(F)cc2)c2cc(OC)c(OC)cc12. The minimum atomic E-state index is -1.05. The lowest BCUT2D eigenvalue weighted by atomic mass is 10.1. The molecule has 0 saturated heterocycles. The molecule has 0 aliphatic rings. The van der Waals surface area contributed by atoms with E-state index in [1.165, 1.54) is 26.4 Å². The first-order valence-electron chi connectivity index (χ1n) is 9.49. The Balaban J connectivity index is 2.12. The smallest absolute Gasteiger partial charge is 0.379 e. The van der Waals surface area contributed by atoms with Crippen molar-refractivity contribution in [2.45, 2.75) is 13.5 Å². The first-order valence-corrected chi connectivity index (χ1v) is 9.49. The number of nitrogens with zero attached hydrogens (tertiary/aromatic N) is 1. The second-order valence-electron chi connectivity index (χ2n) is 6.64. The fourth-order valence-electron chi connectivity index (χ4n) is 3.20. The summed E-state index contributed by atoms with van der Waals surface area (Å²) >= 11 is 0. The quantitative estimate of drug-likeness (QED) is 0.254. The van der Waals surface area contributed by atoms with Crippen molar-refractivity contribution in [3.8, 4) is 11.5 Å². The average molecular weight is 427 g/mol. The second-order valence-corrected chi connectivity index (χ2v) is 6.64. The molecule has 7 nitrogen and oxygen atoms in total. The number of halogens is 1. The molecule has 8 heteroatoms. The number of ketones is 1. The Morgan fingerprint density at radius 2 is 1.74 bits per heavy atom. The van der Waals surface area contributed by atoms with Crippen LogP contribution in [0.5, 0.6) is 11.5 Å². The fraction of sp³-hybridized carbons (Fsp3) is 0.217. The summed E-state index contributed by atoms with van der Waals surface area (Å²) in [6, 6.07) is 9.44. The third kappa shape index (κ3) is 4.69. The number of rotatable bonds is 8. The van der Waals surface area contributed by atoms with Crippen LogP contribution in [-0.4, -0.2) is 42.3 Å². The maximum Gasteiger partial charge on any atom is 0.379 e. The molecule has 0 aliphatic heterocycles. The third-order valence-electron chi connectivity index (χ3n) is 4.67. The highest BCUT2D eigenvalue weighted by Crippen LogP contribution is 2.36. The number of hydrogen-bond acceptors (Lipinski definition) is 6. The van der Waals surface area contributed by atoms with Gasteiger partial charge in [-0.3, -0.25) is 4.79 Å². The average Bonchev–Trinajstić information content (AvgIpc) is 3.11. The van der Waals surface area contributed by atoms with E-state index in [2.05, 4.69) is 4.74 Å². The molecule has 1 heterocycles. The Morgan fingerprint density at radius 3 is 2.35 bits per heavy atom. The summed E-state index contributed by atoms with van der Waals surface area (Å²) in [5.41, 5.74) is 1.82. The summed E-state index contributed by atoms with van der Waals surface area (Å²) in [6.45, 7) is 2.00. The van der Waals surface area contributed by atoms with E-state index >= 15 is 0 Å². The summed E-state index contributed by atoms with van der Waals surface area (Å²) in [7, 11) is 2.99. The van der Waals surface area contributed by atoms with E-state index in [0.29, 0.717) is 34.5 Å². The predicted molar refractivity (Wildman–Crippen MR) is 113 cm³/mol. The highest BCUT2D eigenvalue weighted by Gasteiger charge is 2.19. The Hall–Kier alpha value is -3.81. The third-order valence-corrected chi connectivity index (χ3v) is 4.67. The second kappa shape index (κ2) is 9.34. The van der Waals surface area contributed by atoms with E-state index in [0.717, 1.165) is 11.6 Å². The summed E-state index contributed by atoms with van der Waals surface area (Å²) in [6.07, 6.45) is 2.46. The molecule has 162 valence electrons. The molecule has 0 aliphatic carbocycles. The first-order chi connectivity index (χ1) is 14.9. The number of ether oxygens (including phenoxy) is 3. The number of fused-ring (bicyclic) bond motifs is 1. The topological polar surface area (TPSA) is 87.0 Å². The Labute approximate surface area is 178 Å². The van der Waals surface area contributed by atoms with Gasteiger partial charge < -0.3 is 23.9 Å². The van der Waals surface area contributed by atoms with Gasteiger partial charge in [0, 0.05) is 35.8 Å². The van der Waals surface area contributed by atoms with Gasteiger partial charge >= 0.3 is 5.97 Å². The minimum absolute atomic E-state index is 0.0488. The lowest BCUT2D eigenvalue weighted by molar-refractivity contribution is -0.151. The molecule has 0 atom stereocenters. The van der Waals surface area contributed by atoms with E-state index in [1.807, 2.05) is 4.57 Å². The van der Waals surface area contributed by atoms with Crippen molar-refractivity contribution in [3.63, 3.8) is 0 Å². The molecule has 2 aromatic carbocycles. The lowest BCUT2D eigenvalue weighted by Gasteiger charge is -2.10. The van der Waals surface area contributed by atoms with Crippen LogP contribution in [0.1, 0.15) is 18.1 Å². The van der Waals surface area contributed by atoms with E-state index in [9.17, 15) is 19.1 Å². The van der Waals surface area contributed by atoms with Crippen molar-refractivity contribution in [2.24, 2.45) is 0 Å². The number of methoxy groups -OCH3 is 2. The van der Waals surface area contributed by atoms with Crippen LogP contribution in [0, 0.1) is 5.82 Å². The van der Waals surface area contributed by atoms with Crippen LogP contribution in [0.25, 0.3) is 16.7 Å². The molecule has 0 bridgehead atoms. The van der Waals surface area contributed by atoms with Crippen molar-refractivity contribution < 1.29 is 33.3 Å². The van der Waals surface area contributed by atoms with Gasteiger partial charge in [0.2, 0.25) is 0 Å². The fourth-order valence-corrected chi connectivity index (χ4v) is 3.20. The zero-order valence-electron chi connectivity index (χ0n) is 17.3. The largest absolute Gasteiger partial charge is 0.507 e. The zero-order chi connectivity index (χ0) is 22.5. The molecule has 3 rings (SSSR count). The Kier molecular flexibility index (Phi) is 6.59. The predicted octanol–water partition coefficient (Wildman–Crippen LogP) is 3.88. The monoisotopic (exact) mass is 427 g/mol. The number of aliphatic hydroxyl groups is 1. The summed E-state index contributed by atoms with van der Waals surface area (Å²) in [5.74, 6) is -1.85. The van der Waals surface area contributed by atoms with Crippen LogP contribution in [0.4, 0.5) is 4.39 Å². The van der Waals surface area contributed by atoms with Gasteiger partial charge in [0.05, 0.1) is 26.3 Å². The number of esters is 1. The van der Waals surface area contributed by atoms with Gasteiger partial charge in [-0.2, -0.15) is 0 Å². The highest BCUT2D eigenvalue weighted by atomic mass is 19.1. The number of aliphatic hydroxyl groups excluding tert-OH is 1. The van der Waals surface area contributed by atoms with Crippen molar-refractivity contribution in [3.05, 3.63) is 65.6 Å². The number of benzene rings is 2. The number of aromatic nitrogens is 1. The molecule has 1 aromatic heterocycles. The van der Waals surface area contributed by atoms with Crippen molar-refractivity contribution in [1.82, 2.24) is 4.57 Å². The van der Waals surface area contributed by atoms with Crippen molar-refractivity contribution in [2.75, 3.05) is 20.8 Å². The van der Waals surface area contributed by atoms with Crippen LogP contribution in [0.15, 0.2) is 48.7 Å². The lowest BCUT2D eigenvalue weighted by Crippen LogP contribution is -2.15. The summed E-state index contributed by atoms with van der Waals surface area (Å²) < 4.78 is 30.5. The molecular formula is C23H22FNO6. The van der Waals surface area contributed by atoms with Gasteiger partial charge in [-0.1, -0.05) is 12.1 Å². The highest BCUT2D eigenvalue weighted by molar-refractivity contribution is 6.39. The van der Waals surface area contributed by atoms with Crippen LogP contribution in [0.2, 0.25) is 0 Å².